The predicted octanol–water partition coefficient (Wildman–Crippen LogP) is 4.48. The maximum Gasteiger partial charge on any atom is 0.350 e. The molecule has 0 aliphatic carbocycles. The lowest BCUT2D eigenvalue weighted by atomic mass is 10.1. The molecule has 0 bridgehead atoms. The average Bonchev–Trinajstić information content (AvgIpc) is 2.99. The number of benzene rings is 2. The van der Waals surface area contributed by atoms with Crippen molar-refractivity contribution in [3.8, 4) is 11.1 Å². The quantitative estimate of drug-likeness (QED) is 0.513. The molecular weight excluding hydrogens is 387 g/mol. The summed E-state index contributed by atoms with van der Waals surface area (Å²) in [7, 11) is 0. The minimum Gasteiger partial charge on any atom is -0.285 e. The van der Waals surface area contributed by atoms with Gasteiger partial charge in [-0.15, -0.1) is 0 Å². The Morgan fingerprint density at radius 1 is 1.15 bits per heavy atom. The van der Waals surface area contributed by atoms with Crippen molar-refractivity contribution in [3.05, 3.63) is 81.1 Å². The van der Waals surface area contributed by atoms with Crippen LogP contribution in [0.5, 0.6) is 0 Å². The van der Waals surface area contributed by atoms with Crippen molar-refractivity contribution in [2.24, 2.45) is 0 Å². The number of fused-ring (bicyclic) bond motifs is 1. The normalized spacial score (nSPS) is 11.2. The standard InChI is InChI=1S/C19H14ClFN4OS/c1-11-16(13-4-8-15(21)9-5-13)17-22-18(23-19(26)25(17)24-11)27-10-12-2-6-14(20)7-3-12/h2-9H,10H2,1H3,(H,22,23,26). The number of aromatic nitrogens is 4. The number of nitrogens with zero attached hydrogens (tertiary/aromatic N) is 3. The zero-order valence-electron chi connectivity index (χ0n) is 14.2. The van der Waals surface area contributed by atoms with Crippen LogP contribution in [-0.2, 0) is 5.75 Å². The summed E-state index contributed by atoms with van der Waals surface area (Å²) in [5, 5.41) is 5.44. The first kappa shape index (κ1) is 17.8. The third kappa shape index (κ3) is 3.61. The van der Waals surface area contributed by atoms with E-state index in [0.717, 1.165) is 16.7 Å². The van der Waals surface area contributed by atoms with E-state index in [-0.39, 0.29) is 11.5 Å². The Bertz CT molecular complexity index is 1170. The van der Waals surface area contributed by atoms with Crippen LogP contribution in [0, 0.1) is 12.7 Å². The summed E-state index contributed by atoms with van der Waals surface area (Å²) in [6, 6.07) is 13.6. The van der Waals surface area contributed by atoms with E-state index in [1.165, 1.54) is 28.4 Å². The highest BCUT2D eigenvalue weighted by atomic mass is 35.5. The van der Waals surface area contributed by atoms with Crippen LogP contribution in [0.4, 0.5) is 4.39 Å². The maximum absolute atomic E-state index is 13.3. The lowest BCUT2D eigenvalue weighted by molar-refractivity contribution is 0.628. The topological polar surface area (TPSA) is 63.1 Å². The number of halogens is 2. The summed E-state index contributed by atoms with van der Waals surface area (Å²) in [5.74, 6) is 0.313. The first-order chi connectivity index (χ1) is 13.0. The second kappa shape index (κ2) is 7.17. The van der Waals surface area contributed by atoms with Crippen molar-refractivity contribution in [2.45, 2.75) is 17.8 Å². The molecule has 4 aromatic rings. The van der Waals surface area contributed by atoms with Crippen LogP contribution >= 0.6 is 23.4 Å². The fraction of sp³-hybridized carbons (Fsp3) is 0.105. The zero-order valence-corrected chi connectivity index (χ0v) is 15.8. The van der Waals surface area contributed by atoms with Gasteiger partial charge in [0.05, 0.1) is 5.69 Å². The first-order valence-corrected chi connectivity index (χ1v) is 9.50. The van der Waals surface area contributed by atoms with Crippen LogP contribution < -0.4 is 5.69 Å². The minimum absolute atomic E-state index is 0.321. The number of aryl methyl sites for hydroxylation is 1. The van der Waals surface area contributed by atoms with E-state index in [1.807, 2.05) is 24.3 Å². The van der Waals surface area contributed by atoms with Crippen molar-refractivity contribution in [1.82, 2.24) is 19.6 Å². The Balaban J connectivity index is 1.73. The molecule has 0 radical (unpaired) electrons. The van der Waals surface area contributed by atoms with E-state index in [2.05, 4.69) is 15.1 Å². The molecule has 2 aromatic heterocycles. The van der Waals surface area contributed by atoms with E-state index < -0.39 is 0 Å². The summed E-state index contributed by atoms with van der Waals surface area (Å²) in [6.07, 6.45) is 0. The Morgan fingerprint density at radius 2 is 1.85 bits per heavy atom. The highest BCUT2D eigenvalue weighted by molar-refractivity contribution is 7.98. The van der Waals surface area contributed by atoms with Gasteiger partial charge in [0.25, 0.3) is 0 Å². The molecule has 0 saturated carbocycles. The molecular formula is C19H14ClFN4OS. The summed E-state index contributed by atoms with van der Waals surface area (Å²) in [6.45, 7) is 1.80. The minimum atomic E-state index is -0.366. The number of rotatable bonds is 4. The third-order valence-electron chi connectivity index (χ3n) is 4.07. The summed E-state index contributed by atoms with van der Waals surface area (Å²) >= 11 is 7.32. The summed E-state index contributed by atoms with van der Waals surface area (Å²) < 4.78 is 14.5. The van der Waals surface area contributed by atoms with Crippen molar-refractivity contribution in [3.63, 3.8) is 0 Å². The van der Waals surface area contributed by atoms with Gasteiger partial charge in [-0.2, -0.15) is 9.61 Å². The number of hydrogen-bond acceptors (Lipinski definition) is 4. The molecule has 0 aliphatic heterocycles. The van der Waals surface area contributed by atoms with Gasteiger partial charge in [0, 0.05) is 16.3 Å². The molecule has 0 aliphatic rings. The number of nitrogens with one attached hydrogen (secondary N) is 1. The maximum atomic E-state index is 13.3. The Morgan fingerprint density at radius 3 is 2.56 bits per heavy atom. The summed E-state index contributed by atoms with van der Waals surface area (Å²) in [5.41, 5.74) is 3.27. The molecule has 27 heavy (non-hydrogen) atoms. The van der Waals surface area contributed by atoms with Gasteiger partial charge in [-0.3, -0.25) is 4.98 Å². The molecule has 0 atom stereocenters. The fourth-order valence-electron chi connectivity index (χ4n) is 2.78. The number of thioether (sulfide) groups is 1. The van der Waals surface area contributed by atoms with Gasteiger partial charge in [-0.05, 0) is 42.3 Å². The number of aromatic amines is 1. The number of H-pyrrole nitrogens is 1. The van der Waals surface area contributed by atoms with Crippen LogP contribution in [0.2, 0.25) is 5.02 Å². The first-order valence-electron chi connectivity index (χ1n) is 8.14. The predicted molar refractivity (Wildman–Crippen MR) is 105 cm³/mol. The average molecular weight is 401 g/mol. The second-order valence-electron chi connectivity index (χ2n) is 5.96. The lowest BCUT2D eigenvalue weighted by Gasteiger charge is -2.04. The van der Waals surface area contributed by atoms with Gasteiger partial charge in [0.15, 0.2) is 10.8 Å². The molecule has 8 heteroatoms. The molecule has 0 amide bonds. The molecule has 0 saturated heterocycles. The third-order valence-corrected chi connectivity index (χ3v) is 5.27. The second-order valence-corrected chi connectivity index (χ2v) is 7.37. The van der Waals surface area contributed by atoms with E-state index in [1.54, 1.807) is 19.1 Å². The Kier molecular flexibility index (Phi) is 4.72. The van der Waals surface area contributed by atoms with Crippen molar-refractivity contribution < 1.29 is 4.39 Å². The van der Waals surface area contributed by atoms with Crippen LogP contribution in [0.3, 0.4) is 0 Å². The molecule has 0 fully saturated rings. The molecule has 4 rings (SSSR count). The van der Waals surface area contributed by atoms with Gasteiger partial charge in [-0.1, -0.05) is 47.6 Å². The lowest BCUT2D eigenvalue weighted by Crippen LogP contribution is -2.19. The van der Waals surface area contributed by atoms with Crippen molar-refractivity contribution in [2.75, 3.05) is 0 Å². The molecule has 0 spiro atoms. The van der Waals surface area contributed by atoms with Crippen LogP contribution in [0.25, 0.3) is 16.8 Å². The van der Waals surface area contributed by atoms with Crippen LogP contribution in [0.15, 0.2) is 58.5 Å². The van der Waals surface area contributed by atoms with Gasteiger partial charge in [-0.25, -0.2) is 14.2 Å². The van der Waals surface area contributed by atoms with E-state index in [4.69, 9.17) is 11.6 Å². The van der Waals surface area contributed by atoms with Gasteiger partial charge in [0.1, 0.15) is 5.82 Å². The van der Waals surface area contributed by atoms with E-state index in [0.29, 0.717) is 27.3 Å². The van der Waals surface area contributed by atoms with Gasteiger partial charge in [0.2, 0.25) is 0 Å². The zero-order chi connectivity index (χ0) is 19.0. The van der Waals surface area contributed by atoms with E-state index >= 15 is 0 Å². The monoisotopic (exact) mass is 400 g/mol. The smallest absolute Gasteiger partial charge is 0.285 e. The molecule has 5 nitrogen and oxygen atoms in total. The fourth-order valence-corrected chi connectivity index (χ4v) is 3.72. The van der Waals surface area contributed by atoms with Gasteiger partial charge >= 0.3 is 5.69 Å². The van der Waals surface area contributed by atoms with Crippen LogP contribution in [0.1, 0.15) is 11.3 Å². The van der Waals surface area contributed by atoms with Crippen molar-refractivity contribution >= 4 is 29.0 Å². The molecule has 2 aromatic carbocycles. The van der Waals surface area contributed by atoms with Crippen molar-refractivity contribution in [1.29, 1.82) is 0 Å². The van der Waals surface area contributed by atoms with Gasteiger partial charge < -0.3 is 0 Å². The molecule has 2 heterocycles. The molecule has 0 unspecified atom stereocenters. The molecule has 1 N–H and O–H groups in total. The van der Waals surface area contributed by atoms with E-state index in [9.17, 15) is 9.18 Å². The SMILES string of the molecule is Cc1nn2c(=O)[nH]c(SCc3ccc(Cl)cc3)nc2c1-c1ccc(F)cc1. The Hall–Kier alpha value is -2.64. The highest BCUT2D eigenvalue weighted by Gasteiger charge is 2.16. The largest absolute Gasteiger partial charge is 0.350 e. The summed E-state index contributed by atoms with van der Waals surface area (Å²) in [4.78, 5) is 19.7. The number of hydrogen-bond donors (Lipinski definition) is 1. The Labute approximate surface area is 163 Å². The molecule has 136 valence electrons. The van der Waals surface area contributed by atoms with Crippen LogP contribution in [-0.4, -0.2) is 19.6 Å². The highest BCUT2D eigenvalue weighted by Crippen LogP contribution is 2.28.